The van der Waals surface area contributed by atoms with E-state index in [1.54, 1.807) is 0 Å². The van der Waals surface area contributed by atoms with Crippen LogP contribution in [0.5, 0.6) is 0 Å². The maximum Gasteiger partial charge on any atom is 0.230 e. The second-order valence-corrected chi connectivity index (χ2v) is 6.64. The first-order valence-electron chi connectivity index (χ1n) is 8.79. The minimum absolute atomic E-state index is 0.0430. The van der Waals surface area contributed by atoms with Gasteiger partial charge in [-0.3, -0.25) is 9.88 Å². The summed E-state index contributed by atoms with van der Waals surface area (Å²) in [6.07, 6.45) is 5.43. The number of benzene rings is 1. The lowest BCUT2D eigenvalue weighted by Gasteiger charge is -2.27. The molecular weight excluding hydrogens is 312 g/mol. The topological polar surface area (TPSA) is 55.1 Å². The minimum atomic E-state index is 0.0430. The van der Waals surface area contributed by atoms with Gasteiger partial charge in [0.2, 0.25) is 11.8 Å². The summed E-state index contributed by atoms with van der Waals surface area (Å²) in [6.45, 7) is 0.593. The molecule has 1 aliphatic carbocycles. The fourth-order valence-corrected chi connectivity index (χ4v) is 3.28. The molecule has 0 amide bonds. The quantitative estimate of drug-likeness (QED) is 0.683. The zero-order chi connectivity index (χ0) is 17.1. The zero-order valence-corrected chi connectivity index (χ0v) is 14.4. The van der Waals surface area contributed by atoms with E-state index in [0.717, 1.165) is 24.4 Å². The van der Waals surface area contributed by atoms with Crippen molar-refractivity contribution in [3.63, 3.8) is 0 Å². The normalized spacial score (nSPS) is 15.9. The van der Waals surface area contributed by atoms with Gasteiger partial charge in [-0.1, -0.05) is 42.8 Å². The molecule has 0 aliphatic heterocycles. The average molecular weight is 334 g/mol. The van der Waals surface area contributed by atoms with Gasteiger partial charge < -0.3 is 4.42 Å². The van der Waals surface area contributed by atoms with Gasteiger partial charge in [-0.05, 0) is 37.6 Å². The molecule has 5 heteroatoms. The maximum absolute atomic E-state index is 5.90. The second-order valence-electron chi connectivity index (χ2n) is 6.64. The lowest BCUT2D eigenvalue weighted by Crippen LogP contribution is -2.26. The first-order valence-corrected chi connectivity index (χ1v) is 8.79. The van der Waals surface area contributed by atoms with Crippen LogP contribution in [0, 0.1) is 0 Å². The molecule has 0 N–H and O–H groups in total. The molecule has 1 fully saturated rings. The lowest BCUT2D eigenvalue weighted by molar-refractivity contribution is 0.230. The summed E-state index contributed by atoms with van der Waals surface area (Å²) in [4.78, 5) is 6.77. The smallest absolute Gasteiger partial charge is 0.230 e. The van der Waals surface area contributed by atoms with E-state index in [0.29, 0.717) is 18.4 Å². The van der Waals surface area contributed by atoms with Crippen molar-refractivity contribution in [1.29, 1.82) is 0 Å². The number of hydrogen-bond acceptors (Lipinski definition) is 5. The Labute approximate surface area is 147 Å². The molecule has 1 atom stereocenters. The second kappa shape index (κ2) is 7.15. The van der Waals surface area contributed by atoms with Crippen LogP contribution in [-0.2, 0) is 6.54 Å². The van der Waals surface area contributed by atoms with Crippen LogP contribution in [0.4, 0.5) is 0 Å². The molecule has 1 unspecified atom stereocenters. The summed E-state index contributed by atoms with van der Waals surface area (Å²) in [7, 11) is 2.07. The van der Waals surface area contributed by atoms with Crippen LogP contribution in [0.1, 0.15) is 54.3 Å². The zero-order valence-electron chi connectivity index (χ0n) is 14.4. The lowest BCUT2D eigenvalue weighted by atomic mass is 9.85. The third kappa shape index (κ3) is 3.46. The molecule has 0 spiro atoms. The van der Waals surface area contributed by atoms with Crippen molar-refractivity contribution in [3.8, 4) is 0 Å². The number of rotatable bonds is 6. The molecule has 0 radical (unpaired) electrons. The van der Waals surface area contributed by atoms with Gasteiger partial charge in [-0.15, -0.1) is 10.2 Å². The predicted molar refractivity (Wildman–Crippen MR) is 94.9 cm³/mol. The monoisotopic (exact) mass is 334 g/mol. The fourth-order valence-electron chi connectivity index (χ4n) is 3.28. The van der Waals surface area contributed by atoms with E-state index in [9.17, 15) is 0 Å². The van der Waals surface area contributed by atoms with E-state index in [1.165, 1.54) is 12.0 Å². The van der Waals surface area contributed by atoms with Crippen LogP contribution in [0.25, 0.3) is 0 Å². The maximum atomic E-state index is 5.90. The predicted octanol–water partition coefficient (Wildman–Crippen LogP) is 3.95. The standard InChI is InChI=1S/C20H22N4O/c1-24(14-18-22-23-20(25-18)16-10-7-11-16)19(15-8-3-2-4-9-15)17-12-5-6-13-21-17/h2-6,8-9,12-13,16,19H,7,10-11,14H2,1H3. The van der Waals surface area contributed by atoms with Crippen LogP contribution in [0.15, 0.2) is 59.1 Å². The Kier molecular flexibility index (Phi) is 4.57. The van der Waals surface area contributed by atoms with Crippen molar-refractivity contribution in [2.45, 2.75) is 37.8 Å². The van der Waals surface area contributed by atoms with E-state index in [4.69, 9.17) is 4.42 Å². The molecular formula is C20H22N4O. The van der Waals surface area contributed by atoms with Gasteiger partial charge in [-0.25, -0.2) is 0 Å². The molecule has 1 aliphatic rings. The Balaban J connectivity index is 1.57. The van der Waals surface area contributed by atoms with E-state index >= 15 is 0 Å². The van der Waals surface area contributed by atoms with Crippen molar-refractivity contribution in [1.82, 2.24) is 20.1 Å². The minimum Gasteiger partial charge on any atom is -0.424 e. The summed E-state index contributed by atoms with van der Waals surface area (Å²) >= 11 is 0. The number of hydrogen-bond donors (Lipinski definition) is 0. The molecule has 0 saturated heterocycles. The Hall–Kier alpha value is -2.53. The fraction of sp³-hybridized carbons (Fsp3) is 0.350. The molecule has 4 rings (SSSR count). The number of pyridine rings is 1. The van der Waals surface area contributed by atoms with Gasteiger partial charge in [0, 0.05) is 12.1 Å². The van der Waals surface area contributed by atoms with Crippen molar-refractivity contribution in [2.24, 2.45) is 0 Å². The van der Waals surface area contributed by atoms with Gasteiger partial charge in [0.05, 0.1) is 18.3 Å². The van der Waals surface area contributed by atoms with Crippen molar-refractivity contribution < 1.29 is 4.42 Å². The van der Waals surface area contributed by atoms with Crippen LogP contribution in [-0.4, -0.2) is 27.1 Å². The van der Waals surface area contributed by atoms with Gasteiger partial charge in [-0.2, -0.15) is 0 Å². The molecule has 3 aromatic rings. The van der Waals surface area contributed by atoms with Crippen molar-refractivity contribution in [2.75, 3.05) is 7.05 Å². The molecule has 1 saturated carbocycles. The Morgan fingerprint density at radius 3 is 2.56 bits per heavy atom. The number of nitrogens with zero attached hydrogens (tertiary/aromatic N) is 4. The average Bonchev–Trinajstić information content (AvgIpc) is 3.03. The van der Waals surface area contributed by atoms with E-state index in [-0.39, 0.29) is 6.04 Å². The molecule has 2 aromatic heterocycles. The van der Waals surface area contributed by atoms with Crippen LogP contribution in [0.2, 0.25) is 0 Å². The van der Waals surface area contributed by atoms with Crippen molar-refractivity contribution in [3.05, 3.63) is 77.8 Å². The number of aromatic nitrogens is 3. The van der Waals surface area contributed by atoms with E-state index in [2.05, 4.69) is 57.5 Å². The first kappa shape index (κ1) is 16.0. The summed E-state index contributed by atoms with van der Waals surface area (Å²) in [5.74, 6) is 1.93. The van der Waals surface area contributed by atoms with Gasteiger partial charge in [0.1, 0.15) is 0 Å². The van der Waals surface area contributed by atoms with Crippen LogP contribution >= 0.6 is 0 Å². The van der Waals surface area contributed by atoms with E-state index in [1.807, 2.05) is 24.4 Å². The molecule has 0 bridgehead atoms. The SMILES string of the molecule is CN(Cc1nnc(C2CCC2)o1)C(c1ccccc1)c1ccccn1. The van der Waals surface area contributed by atoms with Crippen LogP contribution < -0.4 is 0 Å². The molecule has 128 valence electrons. The molecule has 2 heterocycles. The Morgan fingerprint density at radius 1 is 1.08 bits per heavy atom. The molecule has 5 nitrogen and oxygen atoms in total. The summed E-state index contributed by atoms with van der Waals surface area (Å²) in [6, 6.07) is 16.5. The van der Waals surface area contributed by atoms with Crippen molar-refractivity contribution >= 4 is 0 Å². The first-order chi connectivity index (χ1) is 12.3. The summed E-state index contributed by atoms with van der Waals surface area (Å²) < 4.78 is 5.90. The van der Waals surface area contributed by atoms with Crippen LogP contribution in [0.3, 0.4) is 0 Å². The van der Waals surface area contributed by atoms with E-state index < -0.39 is 0 Å². The van der Waals surface area contributed by atoms with Gasteiger partial charge >= 0.3 is 0 Å². The summed E-state index contributed by atoms with van der Waals surface area (Å²) in [5, 5.41) is 8.49. The highest BCUT2D eigenvalue weighted by atomic mass is 16.4. The third-order valence-electron chi connectivity index (χ3n) is 4.85. The highest BCUT2D eigenvalue weighted by Crippen LogP contribution is 2.35. The third-order valence-corrected chi connectivity index (χ3v) is 4.85. The summed E-state index contributed by atoms with van der Waals surface area (Å²) in [5.41, 5.74) is 2.21. The van der Waals surface area contributed by atoms with Gasteiger partial charge in [0.25, 0.3) is 0 Å². The Bertz CT molecular complexity index is 759. The van der Waals surface area contributed by atoms with Gasteiger partial charge in [0.15, 0.2) is 0 Å². The molecule has 25 heavy (non-hydrogen) atoms. The largest absolute Gasteiger partial charge is 0.424 e. The molecule has 1 aromatic carbocycles. The Morgan fingerprint density at radius 2 is 1.88 bits per heavy atom. The highest BCUT2D eigenvalue weighted by Gasteiger charge is 2.26. The highest BCUT2D eigenvalue weighted by molar-refractivity contribution is 5.27.